The Kier molecular flexibility index (Phi) is 7.66. The van der Waals surface area contributed by atoms with Crippen molar-refractivity contribution in [2.24, 2.45) is 11.8 Å². The molecule has 1 saturated heterocycles. The quantitative estimate of drug-likeness (QED) is 0.631. The Morgan fingerprint density at radius 2 is 1.52 bits per heavy atom. The smallest absolute Gasteiger partial charge is 0.152 e. The van der Waals surface area contributed by atoms with E-state index in [1.165, 1.54) is 30.5 Å². The van der Waals surface area contributed by atoms with Crippen molar-refractivity contribution >= 4 is 15.5 Å². The Bertz CT molecular complexity index is 726. The van der Waals surface area contributed by atoms with Crippen LogP contribution in [0.1, 0.15) is 65.4 Å². The summed E-state index contributed by atoms with van der Waals surface area (Å²) in [5.74, 6) is 1.50. The van der Waals surface area contributed by atoms with Crippen LogP contribution in [-0.2, 0) is 21.0 Å². The summed E-state index contributed by atoms with van der Waals surface area (Å²) in [4.78, 5) is 2.43. The number of hydrogen-bond donors (Lipinski definition) is 0. The van der Waals surface area contributed by atoms with Crippen LogP contribution >= 0.6 is 0 Å². The first kappa shape index (κ1) is 22.6. The van der Waals surface area contributed by atoms with Gasteiger partial charge < -0.3 is 9.64 Å². The lowest BCUT2D eigenvalue weighted by Gasteiger charge is -2.37. The Labute approximate surface area is 177 Å². The van der Waals surface area contributed by atoms with Crippen molar-refractivity contribution in [3.63, 3.8) is 0 Å². The molecule has 2 atom stereocenters. The zero-order valence-electron chi connectivity index (χ0n) is 18.6. The van der Waals surface area contributed by atoms with Crippen LogP contribution in [-0.4, -0.2) is 44.7 Å². The van der Waals surface area contributed by atoms with E-state index in [9.17, 15) is 8.42 Å². The standard InChI is InChI=1S/C24H39NO3S/c1-18(2)29(26,27)17-23-9-7-21(8-10-23)5-6-22-11-13-24(14-12-22)25-15-19(3)28-20(4)16-25/h11-14,18-21,23H,5-10,15-17H2,1-4H3/t19-,20-,21?,23?/m1/s1. The number of anilines is 1. The molecule has 1 aromatic carbocycles. The average molecular weight is 422 g/mol. The lowest BCUT2D eigenvalue weighted by atomic mass is 9.80. The van der Waals surface area contributed by atoms with Gasteiger partial charge in [0, 0.05) is 18.8 Å². The van der Waals surface area contributed by atoms with E-state index in [1.807, 2.05) is 0 Å². The Morgan fingerprint density at radius 1 is 0.966 bits per heavy atom. The van der Waals surface area contributed by atoms with Crippen molar-refractivity contribution in [2.45, 2.75) is 83.7 Å². The van der Waals surface area contributed by atoms with Crippen LogP contribution in [0.4, 0.5) is 5.69 Å². The molecule has 29 heavy (non-hydrogen) atoms. The third-order valence-corrected chi connectivity index (χ3v) is 9.09. The minimum atomic E-state index is -2.90. The van der Waals surface area contributed by atoms with Crippen LogP contribution in [0, 0.1) is 11.8 Å². The van der Waals surface area contributed by atoms with Gasteiger partial charge in [0.25, 0.3) is 0 Å². The monoisotopic (exact) mass is 421 g/mol. The van der Waals surface area contributed by atoms with Crippen molar-refractivity contribution < 1.29 is 13.2 Å². The molecule has 1 aliphatic heterocycles. The third kappa shape index (κ3) is 6.45. The summed E-state index contributed by atoms with van der Waals surface area (Å²) in [7, 11) is -2.90. The van der Waals surface area contributed by atoms with Gasteiger partial charge in [-0.05, 0) is 82.9 Å². The predicted molar refractivity (Wildman–Crippen MR) is 121 cm³/mol. The van der Waals surface area contributed by atoms with E-state index in [-0.39, 0.29) is 17.5 Å². The Hall–Kier alpha value is -1.07. The molecule has 1 saturated carbocycles. The summed E-state index contributed by atoms with van der Waals surface area (Å²) in [5, 5.41) is -0.243. The first-order valence-electron chi connectivity index (χ1n) is 11.4. The van der Waals surface area contributed by atoms with Gasteiger partial charge in [-0.15, -0.1) is 0 Å². The van der Waals surface area contributed by atoms with Crippen molar-refractivity contribution in [1.29, 1.82) is 0 Å². The van der Waals surface area contributed by atoms with Crippen LogP contribution in [0.15, 0.2) is 24.3 Å². The molecule has 0 N–H and O–H groups in total. The molecule has 1 heterocycles. The van der Waals surface area contributed by atoms with Crippen molar-refractivity contribution in [2.75, 3.05) is 23.7 Å². The minimum Gasteiger partial charge on any atom is -0.372 e. The highest BCUT2D eigenvalue weighted by Gasteiger charge is 2.27. The molecular formula is C24H39NO3S. The molecule has 0 radical (unpaired) electrons. The summed E-state index contributed by atoms with van der Waals surface area (Å²) in [6, 6.07) is 9.07. The molecule has 0 spiro atoms. The van der Waals surface area contributed by atoms with Crippen LogP contribution in [0.3, 0.4) is 0 Å². The van der Waals surface area contributed by atoms with E-state index < -0.39 is 9.84 Å². The number of aryl methyl sites for hydroxylation is 1. The molecule has 2 fully saturated rings. The van der Waals surface area contributed by atoms with E-state index in [0.29, 0.717) is 11.7 Å². The fourth-order valence-electron chi connectivity index (χ4n) is 4.84. The second-order valence-corrected chi connectivity index (χ2v) is 12.2. The molecule has 0 unspecified atom stereocenters. The maximum absolute atomic E-state index is 12.2. The van der Waals surface area contributed by atoms with Crippen LogP contribution in [0.5, 0.6) is 0 Å². The lowest BCUT2D eigenvalue weighted by Crippen LogP contribution is -2.45. The van der Waals surface area contributed by atoms with Gasteiger partial charge in [0.15, 0.2) is 9.84 Å². The number of morpholine rings is 1. The number of sulfone groups is 1. The summed E-state index contributed by atoms with van der Waals surface area (Å²) < 4.78 is 30.2. The van der Waals surface area contributed by atoms with E-state index in [0.717, 1.165) is 38.3 Å². The highest BCUT2D eigenvalue weighted by Crippen LogP contribution is 2.33. The van der Waals surface area contributed by atoms with Gasteiger partial charge in [-0.1, -0.05) is 25.0 Å². The van der Waals surface area contributed by atoms with Gasteiger partial charge in [-0.2, -0.15) is 0 Å². The first-order valence-corrected chi connectivity index (χ1v) is 13.2. The summed E-state index contributed by atoms with van der Waals surface area (Å²) in [6.45, 7) is 9.80. The maximum atomic E-state index is 12.2. The normalized spacial score (nSPS) is 28.7. The number of nitrogens with zero attached hydrogens (tertiary/aromatic N) is 1. The van der Waals surface area contributed by atoms with Crippen LogP contribution in [0.25, 0.3) is 0 Å². The molecule has 0 aromatic heterocycles. The van der Waals surface area contributed by atoms with Crippen LogP contribution < -0.4 is 4.90 Å². The summed E-state index contributed by atoms with van der Waals surface area (Å²) in [5.41, 5.74) is 2.70. The molecule has 0 bridgehead atoms. The van der Waals surface area contributed by atoms with E-state index in [2.05, 4.69) is 43.0 Å². The zero-order valence-corrected chi connectivity index (χ0v) is 19.5. The largest absolute Gasteiger partial charge is 0.372 e. The van der Waals surface area contributed by atoms with Crippen LogP contribution in [0.2, 0.25) is 0 Å². The molecule has 1 aliphatic carbocycles. The second-order valence-electron chi connectivity index (χ2n) is 9.63. The topological polar surface area (TPSA) is 46.6 Å². The molecule has 2 aliphatic rings. The molecule has 1 aromatic rings. The molecule has 5 heteroatoms. The fourth-order valence-corrected chi connectivity index (χ4v) is 6.22. The van der Waals surface area contributed by atoms with Crippen molar-refractivity contribution in [3.05, 3.63) is 29.8 Å². The SMILES string of the molecule is CC(C)S(=O)(=O)CC1CCC(CCc2ccc(N3C[C@@H](C)O[C@H](C)C3)cc2)CC1. The molecule has 164 valence electrons. The first-order chi connectivity index (χ1) is 13.7. The van der Waals surface area contributed by atoms with E-state index in [4.69, 9.17) is 4.74 Å². The second kappa shape index (κ2) is 9.82. The molecule has 3 rings (SSSR count). The van der Waals surface area contributed by atoms with Crippen molar-refractivity contribution in [3.8, 4) is 0 Å². The van der Waals surface area contributed by atoms with Gasteiger partial charge in [-0.25, -0.2) is 8.42 Å². The van der Waals surface area contributed by atoms with Gasteiger partial charge in [0.2, 0.25) is 0 Å². The third-order valence-electron chi connectivity index (χ3n) is 6.71. The number of ether oxygens (including phenoxy) is 1. The Morgan fingerprint density at radius 3 is 2.07 bits per heavy atom. The van der Waals surface area contributed by atoms with E-state index >= 15 is 0 Å². The lowest BCUT2D eigenvalue weighted by molar-refractivity contribution is -0.00521. The number of hydrogen-bond acceptors (Lipinski definition) is 4. The minimum absolute atomic E-state index is 0.243. The highest BCUT2D eigenvalue weighted by atomic mass is 32.2. The van der Waals surface area contributed by atoms with Gasteiger partial charge in [0.05, 0.1) is 23.2 Å². The molecule has 0 amide bonds. The average Bonchev–Trinajstić information content (AvgIpc) is 2.67. The predicted octanol–water partition coefficient (Wildman–Crippen LogP) is 4.86. The van der Waals surface area contributed by atoms with Gasteiger partial charge >= 0.3 is 0 Å². The summed E-state index contributed by atoms with van der Waals surface area (Å²) >= 11 is 0. The maximum Gasteiger partial charge on any atom is 0.152 e. The number of benzene rings is 1. The zero-order chi connectivity index (χ0) is 21.0. The van der Waals surface area contributed by atoms with Gasteiger partial charge in [-0.3, -0.25) is 0 Å². The summed E-state index contributed by atoms with van der Waals surface area (Å²) in [6.07, 6.45) is 7.41. The fraction of sp³-hybridized carbons (Fsp3) is 0.750. The molecular weight excluding hydrogens is 382 g/mol. The highest BCUT2D eigenvalue weighted by molar-refractivity contribution is 7.91. The number of rotatable bonds is 7. The molecule has 4 nitrogen and oxygen atoms in total. The Balaban J connectivity index is 1.43. The van der Waals surface area contributed by atoms with Gasteiger partial charge in [0.1, 0.15) is 0 Å². The van der Waals surface area contributed by atoms with E-state index in [1.54, 1.807) is 13.8 Å². The van der Waals surface area contributed by atoms with Crippen molar-refractivity contribution in [1.82, 2.24) is 0 Å².